The molecule has 9 nitrogen and oxygen atoms in total. The molecule has 0 radical (unpaired) electrons. The molecule has 0 saturated carbocycles. The lowest BCUT2D eigenvalue weighted by atomic mass is 9.80. The zero-order chi connectivity index (χ0) is 22.1. The lowest BCUT2D eigenvalue weighted by Crippen LogP contribution is -2.43. The van der Waals surface area contributed by atoms with Crippen LogP contribution in [-0.4, -0.2) is 68.3 Å². The van der Waals surface area contributed by atoms with Gasteiger partial charge in [0.2, 0.25) is 0 Å². The van der Waals surface area contributed by atoms with E-state index in [9.17, 15) is 19.2 Å². The van der Waals surface area contributed by atoms with E-state index in [1.54, 1.807) is 11.8 Å². The molecule has 1 unspecified atom stereocenters. The van der Waals surface area contributed by atoms with Gasteiger partial charge in [-0.1, -0.05) is 13.3 Å². The highest BCUT2D eigenvalue weighted by Crippen LogP contribution is 2.33. The van der Waals surface area contributed by atoms with Crippen molar-refractivity contribution in [3.8, 4) is 0 Å². The first-order valence-electron chi connectivity index (χ1n) is 9.59. The van der Waals surface area contributed by atoms with Crippen LogP contribution >= 0.6 is 0 Å². The summed E-state index contributed by atoms with van der Waals surface area (Å²) >= 11 is 0. The van der Waals surface area contributed by atoms with Crippen LogP contribution in [0.25, 0.3) is 0 Å². The van der Waals surface area contributed by atoms with E-state index in [-0.39, 0.29) is 17.2 Å². The van der Waals surface area contributed by atoms with Gasteiger partial charge in [-0.05, 0) is 27.2 Å². The first-order chi connectivity index (χ1) is 13.7. The minimum Gasteiger partial charge on any atom is -0.468 e. The Morgan fingerprint density at radius 3 is 2.17 bits per heavy atom. The van der Waals surface area contributed by atoms with E-state index in [4.69, 9.17) is 14.2 Å². The van der Waals surface area contributed by atoms with Crippen LogP contribution in [0.3, 0.4) is 0 Å². The molecule has 1 heterocycles. The van der Waals surface area contributed by atoms with E-state index in [2.05, 4.69) is 4.99 Å². The second-order valence-corrected chi connectivity index (χ2v) is 6.66. The number of esters is 3. The molecule has 0 saturated heterocycles. The first-order valence-corrected chi connectivity index (χ1v) is 9.59. The second kappa shape index (κ2) is 11.3. The van der Waals surface area contributed by atoms with Crippen molar-refractivity contribution in [2.75, 3.05) is 33.9 Å². The van der Waals surface area contributed by atoms with E-state index in [1.807, 2.05) is 13.8 Å². The van der Waals surface area contributed by atoms with Gasteiger partial charge in [0.05, 0.1) is 19.8 Å². The second-order valence-electron chi connectivity index (χ2n) is 6.66. The fourth-order valence-electron chi connectivity index (χ4n) is 3.22. The number of amides is 1. The van der Waals surface area contributed by atoms with Crippen molar-refractivity contribution in [2.24, 2.45) is 16.8 Å². The molecule has 0 bridgehead atoms. The van der Waals surface area contributed by atoms with Crippen LogP contribution in [0.4, 0.5) is 0 Å². The molecule has 0 aromatic carbocycles. The Morgan fingerprint density at radius 1 is 1.00 bits per heavy atom. The van der Waals surface area contributed by atoms with Crippen molar-refractivity contribution in [1.29, 1.82) is 0 Å². The smallest absolute Gasteiger partial charge is 0.336 e. The largest absolute Gasteiger partial charge is 0.468 e. The van der Waals surface area contributed by atoms with Gasteiger partial charge in [0, 0.05) is 24.5 Å². The predicted molar refractivity (Wildman–Crippen MR) is 105 cm³/mol. The Bertz CT molecular complexity index is 712. The van der Waals surface area contributed by atoms with E-state index in [1.165, 1.54) is 21.1 Å². The number of methoxy groups -OCH3 is 2. The first kappa shape index (κ1) is 24.3. The molecule has 162 valence electrons. The Hall–Kier alpha value is -2.71. The van der Waals surface area contributed by atoms with E-state index < -0.39 is 36.4 Å². The number of aliphatic imine (C=N–C) groups is 1. The quantitative estimate of drug-likeness (QED) is 0.418. The third kappa shape index (κ3) is 5.88. The normalized spacial score (nSPS) is 18.6. The third-order valence-electron chi connectivity index (χ3n) is 4.80. The standard InChI is InChI=1S/C20H30N2O7/c1-7-9-10-22(8-2)14(23)11-29-20(26)17-15(18(24)27-5)12(3)21-13(4)16(17)19(25)28-6/h15,17H,7-11H2,1-6H3/t15?,17-/m0/s1. The Balaban J connectivity index is 3.11. The van der Waals surface area contributed by atoms with E-state index >= 15 is 0 Å². The van der Waals surface area contributed by atoms with Gasteiger partial charge in [-0.3, -0.25) is 19.4 Å². The number of likely N-dealkylation sites (N-methyl/N-ethyl adjacent to an activating group) is 1. The molecular weight excluding hydrogens is 380 g/mol. The molecule has 1 rings (SSSR count). The predicted octanol–water partition coefficient (Wildman–Crippen LogP) is 1.51. The molecule has 0 aliphatic carbocycles. The number of hydrogen-bond acceptors (Lipinski definition) is 8. The van der Waals surface area contributed by atoms with Gasteiger partial charge in [-0.25, -0.2) is 4.79 Å². The minimum absolute atomic E-state index is 0.0794. The molecule has 9 heteroatoms. The van der Waals surface area contributed by atoms with Crippen molar-refractivity contribution in [3.05, 3.63) is 11.3 Å². The molecule has 0 aromatic heterocycles. The van der Waals surface area contributed by atoms with Crippen LogP contribution in [0.15, 0.2) is 16.3 Å². The van der Waals surface area contributed by atoms with Crippen molar-refractivity contribution in [3.63, 3.8) is 0 Å². The van der Waals surface area contributed by atoms with E-state index in [0.717, 1.165) is 12.8 Å². The monoisotopic (exact) mass is 410 g/mol. The maximum absolute atomic E-state index is 12.9. The number of allylic oxidation sites excluding steroid dienone is 1. The van der Waals surface area contributed by atoms with Gasteiger partial charge >= 0.3 is 17.9 Å². The van der Waals surface area contributed by atoms with Gasteiger partial charge in [-0.2, -0.15) is 0 Å². The summed E-state index contributed by atoms with van der Waals surface area (Å²) in [6.07, 6.45) is 1.77. The average molecular weight is 410 g/mol. The summed E-state index contributed by atoms with van der Waals surface area (Å²) in [7, 11) is 2.34. The SMILES string of the molecule is CCCCN(CC)C(=O)COC(=O)[C@@H]1C(C(=O)OC)=C(C)N=C(C)C1C(=O)OC. The molecule has 0 N–H and O–H groups in total. The Kier molecular flexibility index (Phi) is 9.50. The lowest BCUT2D eigenvalue weighted by Gasteiger charge is -2.29. The summed E-state index contributed by atoms with van der Waals surface area (Å²) in [6.45, 7) is 7.53. The van der Waals surface area contributed by atoms with Crippen LogP contribution in [0.2, 0.25) is 0 Å². The van der Waals surface area contributed by atoms with Crippen LogP contribution < -0.4 is 0 Å². The van der Waals surface area contributed by atoms with Crippen LogP contribution in [0, 0.1) is 11.8 Å². The number of hydrogen-bond donors (Lipinski definition) is 0. The molecule has 0 aromatic rings. The van der Waals surface area contributed by atoms with Gasteiger partial charge in [0.25, 0.3) is 5.91 Å². The van der Waals surface area contributed by atoms with Crippen LogP contribution in [0.5, 0.6) is 0 Å². The molecule has 1 amide bonds. The number of nitrogens with zero attached hydrogens (tertiary/aromatic N) is 2. The minimum atomic E-state index is -1.30. The zero-order valence-corrected chi connectivity index (χ0v) is 17.9. The summed E-state index contributed by atoms with van der Waals surface area (Å²) in [5, 5.41) is 0. The summed E-state index contributed by atoms with van der Waals surface area (Å²) in [5.74, 6) is -5.18. The molecule has 0 fully saturated rings. The molecular formula is C20H30N2O7. The van der Waals surface area contributed by atoms with E-state index in [0.29, 0.717) is 18.8 Å². The molecule has 29 heavy (non-hydrogen) atoms. The Morgan fingerprint density at radius 2 is 1.66 bits per heavy atom. The Labute approximate surface area is 171 Å². The highest BCUT2D eigenvalue weighted by Gasteiger charge is 2.46. The lowest BCUT2D eigenvalue weighted by molar-refractivity contribution is -0.160. The van der Waals surface area contributed by atoms with Gasteiger partial charge < -0.3 is 19.1 Å². The van der Waals surface area contributed by atoms with Crippen LogP contribution in [-0.2, 0) is 33.4 Å². The number of carbonyl (C=O) groups excluding carboxylic acids is 4. The van der Waals surface area contributed by atoms with Crippen LogP contribution in [0.1, 0.15) is 40.5 Å². The number of rotatable bonds is 9. The van der Waals surface area contributed by atoms with Gasteiger partial charge in [-0.15, -0.1) is 0 Å². The molecule has 2 atom stereocenters. The number of carbonyl (C=O) groups is 4. The molecule has 1 aliphatic rings. The zero-order valence-electron chi connectivity index (χ0n) is 17.9. The maximum atomic E-state index is 12.9. The van der Waals surface area contributed by atoms with Crippen molar-refractivity contribution in [2.45, 2.75) is 40.5 Å². The molecule has 1 aliphatic heterocycles. The summed E-state index contributed by atoms with van der Waals surface area (Å²) in [5.41, 5.74) is 0.485. The fourth-order valence-corrected chi connectivity index (χ4v) is 3.22. The van der Waals surface area contributed by atoms with Crippen molar-refractivity contribution < 1.29 is 33.4 Å². The maximum Gasteiger partial charge on any atom is 0.336 e. The number of ether oxygens (including phenoxy) is 3. The third-order valence-corrected chi connectivity index (χ3v) is 4.80. The topological polar surface area (TPSA) is 112 Å². The van der Waals surface area contributed by atoms with Gasteiger partial charge in [0.1, 0.15) is 11.8 Å². The number of unbranched alkanes of at least 4 members (excludes halogenated alkanes) is 1. The molecule has 0 spiro atoms. The fraction of sp³-hybridized carbons (Fsp3) is 0.650. The summed E-state index contributed by atoms with van der Waals surface area (Å²) in [6, 6.07) is 0. The summed E-state index contributed by atoms with van der Waals surface area (Å²) < 4.78 is 14.8. The van der Waals surface area contributed by atoms with Gasteiger partial charge in [0.15, 0.2) is 6.61 Å². The van der Waals surface area contributed by atoms with Crippen molar-refractivity contribution in [1.82, 2.24) is 4.90 Å². The summed E-state index contributed by atoms with van der Waals surface area (Å²) in [4.78, 5) is 55.6. The highest BCUT2D eigenvalue weighted by atomic mass is 16.5. The average Bonchev–Trinajstić information content (AvgIpc) is 2.70. The highest BCUT2D eigenvalue weighted by molar-refractivity contribution is 6.10. The van der Waals surface area contributed by atoms with Crippen molar-refractivity contribution >= 4 is 29.5 Å².